The van der Waals surface area contributed by atoms with Gasteiger partial charge in [0.15, 0.2) is 0 Å². The topological polar surface area (TPSA) is 3.24 Å². The minimum atomic E-state index is 0.563. The highest BCUT2D eigenvalue weighted by atomic mass is 79.9. The van der Waals surface area contributed by atoms with Gasteiger partial charge in [-0.2, -0.15) is 0 Å². The highest BCUT2D eigenvalue weighted by Crippen LogP contribution is 2.60. The van der Waals surface area contributed by atoms with Gasteiger partial charge < -0.3 is 4.90 Å². The fourth-order valence-corrected chi connectivity index (χ4v) is 9.38. The molecule has 7 unspecified atom stereocenters. The summed E-state index contributed by atoms with van der Waals surface area (Å²) >= 11 is 4.26. The van der Waals surface area contributed by atoms with E-state index >= 15 is 0 Å². The standard InChI is InChI=1S/C29H34BrN/c1-16-13-26-25(15-27-28(29(26)30)17(2)18(3)31(27)4)23(16)14-24-21-11-7-5-9-19(21)20-10-6-8-12-22(20)24/h5-12,16,23-29H,13-15H2,1-4H3. The Morgan fingerprint density at radius 2 is 1.52 bits per heavy atom. The summed E-state index contributed by atoms with van der Waals surface area (Å²) in [5, 5.41) is 0. The summed E-state index contributed by atoms with van der Waals surface area (Å²) in [4.78, 5) is 3.23. The van der Waals surface area contributed by atoms with Crippen molar-refractivity contribution in [3.63, 3.8) is 0 Å². The first-order valence-corrected chi connectivity index (χ1v) is 13.1. The number of benzene rings is 2. The molecule has 1 heterocycles. The zero-order valence-corrected chi connectivity index (χ0v) is 20.8. The second kappa shape index (κ2) is 7.24. The molecule has 1 aliphatic heterocycles. The number of fused-ring (bicyclic) bond motifs is 5. The van der Waals surface area contributed by atoms with Gasteiger partial charge >= 0.3 is 0 Å². The van der Waals surface area contributed by atoms with Crippen molar-refractivity contribution >= 4 is 15.9 Å². The Morgan fingerprint density at radius 1 is 0.903 bits per heavy atom. The van der Waals surface area contributed by atoms with Crippen molar-refractivity contribution in [2.24, 2.45) is 29.6 Å². The summed E-state index contributed by atoms with van der Waals surface area (Å²) in [6.07, 6.45) is 4.07. The first-order chi connectivity index (χ1) is 15.0. The van der Waals surface area contributed by atoms with Gasteiger partial charge in [-0.3, -0.25) is 0 Å². The molecule has 0 N–H and O–H groups in total. The van der Waals surface area contributed by atoms with Gasteiger partial charge in [0.1, 0.15) is 0 Å². The molecule has 2 saturated carbocycles. The van der Waals surface area contributed by atoms with Gasteiger partial charge in [-0.05, 0) is 84.6 Å². The van der Waals surface area contributed by atoms with E-state index < -0.39 is 0 Å². The van der Waals surface area contributed by atoms with Gasteiger partial charge in [0.2, 0.25) is 0 Å². The van der Waals surface area contributed by atoms with Crippen LogP contribution in [0.1, 0.15) is 57.1 Å². The molecule has 0 aromatic heterocycles. The van der Waals surface area contributed by atoms with Gasteiger partial charge in [-0.15, -0.1) is 0 Å². The average molecular weight is 477 g/mol. The molecular formula is C29H34BrN. The van der Waals surface area contributed by atoms with Crippen molar-refractivity contribution in [1.29, 1.82) is 0 Å². The molecule has 2 aromatic carbocycles. The molecule has 31 heavy (non-hydrogen) atoms. The molecule has 6 rings (SSSR count). The molecule has 7 atom stereocenters. The molecule has 2 fully saturated rings. The molecule has 2 heteroatoms. The molecule has 0 bridgehead atoms. The van der Waals surface area contributed by atoms with E-state index in [0.717, 1.165) is 23.7 Å². The summed E-state index contributed by atoms with van der Waals surface area (Å²) in [6.45, 7) is 7.26. The van der Waals surface area contributed by atoms with Crippen LogP contribution in [0.3, 0.4) is 0 Å². The fourth-order valence-electron chi connectivity index (χ4n) is 8.03. The van der Waals surface area contributed by atoms with E-state index in [-0.39, 0.29) is 0 Å². The molecule has 1 nitrogen and oxygen atoms in total. The van der Waals surface area contributed by atoms with Crippen molar-refractivity contribution in [2.75, 3.05) is 7.05 Å². The van der Waals surface area contributed by atoms with E-state index in [1.165, 1.54) is 36.1 Å². The van der Waals surface area contributed by atoms with Crippen LogP contribution in [0.15, 0.2) is 59.8 Å². The van der Waals surface area contributed by atoms with Gasteiger partial charge in [-0.25, -0.2) is 0 Å². The largest absolute Gasteiger partial charge is 0.375 e. The summed E-state index contributed by atoms with van der Waals surface area (Å²) < 4.78 is 0. The van der Waals surface area contributed by atoms with Gasteiger partial charge in [0.25, 0.3) is 0 Å². The van der Waals surface area contributed by atoms with Crippen LogP contribution in [0.25, 0.3) is 11.1 Å². The molecule has 4 aliphatic rings. The van der Waals surface area contributed by atoms with E-state index in [0.29, 0.717) is 22.7 Å². The fraction of sp³-hybridized carbons (Fsp3) is 0.517. The molecule has 2 aromatic rings. The molecule has 0 radical (unpaired) electrons. The van der Waals surface area contributed by atoms with E-state index in [1.54, 1.807) is 16.7 Å². The second-order valence-corrected chi connectivity index (χ2v) is 11.9. The minimum Gasteiger partial charge on any atom is -0.375 e. The number of nitrogens with zero attached hydrogens (tertiary/aromatic N) is 1. The van der Waals surface area contributed by atoms with Crippen LogP contribution in [0, 0.1) is 29.6 Å². The normalized spacial score (nSPS) is 36.4. The Morgan fingerprint density at radius 3 is 2.16 bits per heavy atom. The quantitative estimate of drug-likeness (QED) is 0.407. The van der Waals surface area contributed by atoms with Crippen molar-refractivity contribution < 1.29 is 0 Å². The Balaban J connectivity index is 1.33. The van der Waals surface area contributed by atoms with Gasteiger partial charge in [0.05, 0.1) is 0 Å². The van der Waals surface area contributed by atoms with Crippen LogP contribution >= 0.6 is 15.9 Å². The predicted molar refractivity (Wildman–Crippen MR) is 133 cm³/mol. The Bertz CT molecular complexity index is 1010. The Kier molecular flexibility index (Phi) is 4.69. The average Bonchev–Trinajstić information content (AvgIpc) is 3.35. The number of alkyl halides is 1. The van der Waals surface area contributed by atoms with Crippen LogP contribution in [0.5, 0.6) is 0 Å². The summed E-state index contributed by atoms with van der Waals surface area (Å²) in [5.41, 5.74) is 9.21. The molecule has 3 aliphatic carbocycles. The zero-order valence-electron chi connectivity index (χ0n) is 19.2. The number of halogens is 1. The molecule has 0 spiro atoms. The molecular weight excluding hydrogens is 442 g/mol. The maximum Gasteiger partial charge on any atom is 0.0363 e. The summed E-state index contributed by atoms with van der Waals surface area (Å²) in [7, 11) is 2.33. The molecule has 162 valence electrons. The third kappa shape index (κ3) is 2.79. The lowest BCUT2D eigenvalue weighted by Crippen LogP contribution is -2.46. The third-order valence-electron chi connectivity index (χ3n) is 9.72. The maximum absolute atomic E-state index is 4.26. The predicted octanol–water partition coefficient (Wildman–Crippen LogP) is 7.47. The minimum absolute atomic E-state index is 0.563. The van der Waals surface area contributed by atoms with Crippen molar-refractivity contribution in [3.05, 3.63) is 70.9 Å². The maximum atomic E-state index is 4.26. The molecule has 0 amide bonds. The van der Waals surface area contributed by atoms with Crippen molar-refractivity contribution in [1.82, 2.24) is 4.90 Å². The first kappa shape index (κ1) is 20.1. The number of allylic oxidation sites excluding steroid dienone is 1. The van der Waals surface area contributed by atoms with Crippen LogP contribution in [-0.4, -0.2) is 22.8 Å². The smallest absolute Gasteiger partial charge is 0.0363 e. The summed E-state index contributed by atoms with van der Waals surface area (Å²) in [6, 6.07) is 19.0. The lowest BCUT2D eigenvalue weighted by atomic mass is 9.67. The third-order valence-corrected chi connectivity index (χ3v) is 11.0. The highest BCUT2D eigenvalue weighted by Gasteiger charge is 2.55. The van der Waals surface area contributed by atoms with E-state index in [2.05, 4.69) is 97.2 Å². The number of hydrogen-bond donors (Lipinski definition) is 0. The second-order valence-electron chi connectivity index (χ2n) is 10.8. The van der Waals surface area contributed by atoms with Crippen LogP contribution in [0.2, 0.25) is 0 Å². The Labute approximate surface area is 196 Å². The SMILES string of the molecule is CC1=C(C)N(C)C2CC3C(CC4c5ccccc5-c5ccccc54)C(C)CC3C(Br)C12. The van der Waals surface area contributed by atoms with Crippen LogP contribution in [-0.2, 0) is 0 Å². The van der Waals surface area contributed by atoms with Crippen molar-refractivity contribution in [2.45, 2.75) is 56.8 Å². The van der Waals surface area contributed by atoms with E-state index in [1.807, 2.05) is 0 Å². The molecule has 0 saturated heterocycles. The zero-order chi connectivity index (χ0) is 21.4. The van der Waals surface area contributed by atoms with E-state index in [9.17, 15) is 0 Å². The van der Waals surface area contributed by atoms with Crippen LogP contribution in [0.4, 0.5) is 0 Å². The van der Waals surface area contributed by atoms with E-state index in [4.69, 9.17) is 0 Å². The summed E-state index contributed by atoms with van der Waals surface area (Å²) in [5.74, 6) is 4.54. The lowest BCUT2D eigenvalue weighted by Gasteiger charge is -2.44. The lowest BCUT2D eigenvalue weighted by molar-refractivity contribution is 0.117. The van der Waals surface area contributed by atoms with Gasteiger partial charge in [-0.1, -0.05) is 71.4 Å². The first-order valence-electron chi connectivity index (χ1n) is 12.2. The Hall–Kier alpha value is -1.54. The van der Waals surface area contributed by atoms with Gasteiger partial charge in [0, 0.05) is 35.4 Å². The highest BCUT2D eigenvalue weighted by molar-refractivity contribution is 9.09. The monoisotopic (exact) mass is 475 g/mol. The van der Waals surface area contributed by atoms with Crippen LogP contribution < -0.4 is 0 Å². The number of rotatable bonds is 2. The number of hydrogen-bond acceptors (Lipinski definition) is 1. The van der Waals surface area contributed by atoms with Crippen molar-refractivity contribution in [3.8, 4) is 11.1 Å².